The molecule has 0 radical (unpaired) electrons. The molecular weight excluding hydrogens is 451 g/mol. The average molecular weight is 467 g/mol. The van der Waals surface area contributed by atoms with E-state index in [2.05, 4.69) is 15.1 Å². The van der Waals surface area contributed by atoms with Crippen molar-refractivity contribution in [3.05, 3.63) is 71.2 Å². The maximum Gasteiger partial charge on any atom is 0.416 e. The fraction of sp³-hybridized carbons (Fsp3) is 0.174. The van der Waals surface area contributed by atoms with Crippen molar-refractivity contribution in [2.75, 3.05) is 11.4 Å². The second-order valence-electron chi connectivity index (χ2n) is 7.86. The summed E-state index contributed by atoms with van der Waals surface area (Å²) in [6, 6.07) is 8.50. The van der Waals surface area contributed by atoms with Crippen LogP contribution in [0.4, 0.5) is 18.9 Å². The number of benzene rings is 2. The van der Waals surface area contributed by atoms with Gasteiger partial charge >= 0.3 is 12.1 Å². The largest absolute Gasteiger partial charge is 0.478 e. The van der Waals surface area contributed by atoms with Gasteiger partial charge in [0.2, 0.25) is 0 Å². The summed E-state index contributed by atoms with van der Waals surface area (Å²) in [4.78, 5) is 34.6. The van der Waals surface area contributed by atoms with Crippen LogP contribution in [0.5, 0.6) is 0 Å². The highest BCUT2D eigenvalue weighted by molar-refractivity contribution is 6.11. The summed E-state index contributed by atoms with van der Waals surface area (Å²) >= 11 is 0. The number of rotatable bonds is 3. The first-order valence-electron chi connectivity index (χ1n) is 10.2. The highest BCUT2D eigenvalue weighted by atomic mass is 19.4. The molecule has 0 spiro atoms. The molecular formula is C23H16F3N5O3. The van der Waals surface area contributed by atoms with Gasteiger partial charge in [0.1, 0.15) is 11.3 Å². The third-order valence-electron chi connectivity index (χ3n) is 5.71. The zero-order chi connectivity index (χ0) is 24.2. The molecule has 0 saturated carbocycles. The summed E-state index contributed by atoms with van der Waals surface area (Å²) in [5.74, 6) is -1.35. The number of halogens is 3. The van der Waals surface area contributed by atoms with Crippen LogP contribution >= 0.6 is 0 Å². The molecule has 8 nitrogen and oxygen atoms in total. The van der Waals surface area contributed by atoms with Crippen molar-refractivity contribution in [2.45, 2.75) is 19.6 Å². The molecule has 1 N–H and O–H groups in total. The molecule has 0 atom stereocenters. The van der Waals surface area contributed by atoms with Crippen molar-refractivity contribution in [2.24, 2.45) is 0 Å². The minimum Gasteiger partial charge on any atom is -0.478 e. The van der Waals surface area contributed by atoms with Gasteiger partial charge in [0.25, 0.3) is 5.91 Å². The number of anilines is 1. The van der Waals surface area contributed by atoms with Crippen LogP contribution < -0.4 is 4.90 Å². The van der Waals surface area contributed by atoms with E-state index in [9.17, 15) is 27.9 Å². The molecule has 0 aliphatic carbocycles. The Hall–Kier alpha value is -4.28. The lowest BCUT2D eigenvalue weighted by Gasteiger charge is -2.29. The molecule has 1 aliphatic rings. The van der Waals surface area contributed by atoms with E-state index in [-0.39, 0.29) is 16.6 Å². The third-order valence-corrected chi connectivity index (χ3v) is 5.71. The number of carbonyl (C=O) groups excluding carboxylic acids is 1. The molecule has 0 unspecified atom stereocenters. The van der Waals surface area contributed by atoms with Crippen LogP contribution in [0.25, 0.3) is 22.3 Å². The van der Waals surface area contributed by atoms with Crippen LogP contribution in [0.1, 0.15) is 32.0 Å². The van der Waals surface area contributed by atoms with E-state index in [1.165, 1.54) is 28.0 Å². The van der Waals surface area contributed by atoms with E-state index >= 15 is 0 Å². The molecule has 34 heavy (non-hydrogen) atoms. The summed E-state index contributed by atoms with van der Waals surface area (Å²) < 4.78 is 40.2. The number of nitrogens with zero attached hydrogens (tertiary/aromatic N) is 5. The standard InChI is InChI=1S/C23H16F3N5O3/c1-12-8-13(20-27-10-14-9-15(23(24,25)26)3-4-17(14)29-20)2-5-18(12)30-6-7-31-19(21(30)32)16(11-28-31)22(33)34/h2-5,8-11H,6-7H2,1H3,(H,33,34). The maximum atomic E-state index is 13.1. The Kier molecular flexibility index (Phi) is 4.85. The average Bonchev–Trinajstić information content (AvgIpc) is 3.24. The second kappa shape index (κ2) is 7.65. The summed E-state index contributed by atoms with van der Waals surface area (Å²) in [5, 5.41) is 13.6. The number of hydrogen-bond donors (Lipinski definition) is 1. The van der Waals surface area contributed by atoms with Crippen molar-refractivity contribution < 1.29 is 27.9 Å². The molecule has 1 amide bonds. The van der Waals surface area contributed by atoms with Crippen LogP contribution in [0, 0.1) is 6.92 Å². The number of carbonyl (C=O) groups is 2. The van der Waals surface area contributed by atoms with Crippen LogP contribution in [-0.4, -0.2) is 43.3 Å². The van der Waals surface area contributed by atoms with Gasteiger partial charge in [-0.15, -0.1) is 0 Å². The number of carboxylic acid groups (broad SMARTS) is 1. The number of hydrogen-bond acceptors (Lipinski definition) is 5. The van der Waals surface area contributed by atoms with Crippen molar-refractivity contribution >= 4 is 28.5 Å². The van der Waals surface area contributed by atoms with Gasteiger partial charge in [-0.1, -0.05) is 0 Å². The van der Waals surface area contributed by atoms with Gasteiger partial charge in [-0.3, -0.25) is 9.48 Å². The zero-order valence-electron chi connectivity index (χ0n) is 17.7. The summed E-state index contributed by atoms with van der Waals surface area (Å²) in [6.45, 7) is 2.47. The lowest BCUT2D eigenvalue weighted by Crippen LogP contribution is -2.41. The molecule has 2 aromatic carbocycles. The summed E-state index contributed by atoms with van der Waals surface area (Å²) in [6.07, 6.45) is -1.93. The first-order chi connectivity index (χ1) is 16.1. The normalized spacial score (nSPS) is 13.9. The van der Waals surface area contributed by atoms with Crippen molar-refractivity contribution in [1.82, 2.24) is 19.7 Å². The fourth-order valence-corrected chi connectivity index (χ4v) is 4.04. The molecule has 172 valence electrons. The predicted molar refractivity (Wildman–Crippen MR) is 116 cm³/mol. The Morgan fingerprint density at radius 3 is 2.59 bits per heavy atom. The maximum absolute atomic E-state index is 13.1. The Balaban J connectivity index is 1.47. The molecule has 0 saturated heterocycles. The fourth-order valence-electron chi connectivity index (χ4n) is 4.04. The Morgan fingerprint density at radius 1 is 1.09 bits per heavy atom. The first kappa shape index (κ1) is 21.6. The third kappa shape index (κ3) is 3.54. The van der Waals surface area contributed by atoms with Crippen molar-refractivity contribution in [1.29, 1.82) is 0 Å². The van der Waals surface area contributed by atoms with Gasteiger partial charge in [-0.05, 0) is 48.9 Å². The molecule has 2 aromatic heterocycles. The topological polar surface area (TPSA) is 101 Å². The molecule has 5 rings (SSSR count). The van der Waals surface area contributed by atoms with Crippen molar-refractivity contribution in [3.8, 4) is 11.4 Å². The van der Waals surface area contributed by atoms with Crippen LogP contribution in [-0.2, 0) is 12.7 Å². The first-order valence-corrected chi connectivity index (χ1v) is 10.2. The highest BCUT2D eigenvalue weighted by Gasteiger charge is 2.33. The number of amides is 1. The van der Waals surface area contributed by atoms with Crippen LogP contribution in [0.2, 0.25) is 0 Å². The van der Waals surface area contributed by atoms with Gasteiger partial charge in [-0.2, -0.15) is 18.3 Å². The van der Waals surface area contributed by atoms with Gasteiger partial charge < -0.3 is 10.0 Å². The van der Waals surface area contributed by atoms with E-state index < -0.39 is 23.6 Å². The Bertz CT molecular complexity index is 1480. The van der Waals surface area contributed by atoms with Gasteiger partial charge in [-0.25, -0.2) is 14.8 Å². The lowest BCUT2D eigenvalue weighted by molar-refractivity contribution is -0.137. The summed E-state index contributed by atoms with van der Waals surface area (Å²) in [5.41, 5.74) is 1.44. The molecule has 3 heterocycles. The number of alkyl halides is 3. The number of fused-ring (bicyclic) bond motifs is 2. The molecule has 4 aromatic rings. The minimum absolute atomic E-state index is 0.0262. The van der Waals surface area contributed by atoms with Crippen molar-refractivity contribution in [3.63, 3.8) is 0 Å². The number of aromatic nitrogens is 4. The van der Waals surface area contributed by atoms with Gasteiger partial charge in [0.05, 0.1) is 23.8 Å². The smallest absolute Gasteiger partial charge is 0.416 e. The number of aryl methyl sites for hydroxylation is 1. The Morgan fingerprint density at radius 2 is 1.88 bits per heavy atom. The van der Waals surface area contributed by atoms with Gasteiger partial charge in [0.15, 0.2) is 5.82 Å². The van der Waals surface area contributed by atoms with E-state index in [0.717, 1.165) is 17.7 Å². The van der Waals surface area contributed by atoms with Crippen LogP contribution in [0.3, 0.4) is 0 Å². The minimum atomic E-state index is -4.45. The molecule has 0 bridgehead atoms. The Labute approximate surface area is 190 Å². The lowest BCUT2D eigenvalue weighted by atomic mass is 10.1. The second-order valence-corrected chi connectivity index (χ2v) is 7.86. The van der Waals surface area contributed by atoms with E-state index in [1.807, 2.05) is 0 Å². The van der Waals surface area contributed by atoms with Gasteiger partial charge in [0, 0.05) is 29.4 Å². The predicted octanol–water partition coefficient (Wildman–Crippen LogP) is 4.18. The molecule has 11 heteroatoms. The zero-order valence-corrected chi connectivity index (χ0v) is 17.7. The molecule has 0 fully saturated rings. The summed E-state index contributed by atoms with van der Waals surface area (Å²) in [7, 11) is 0. The SMILES string of the molecule is Cc1cc(-c2ncc3cc(C(F)(F)F)ccc3n2)ccc1N1CCn2ncc(C(=O)O)c2C1=O. The number of carboxylic acids is 1. The molecule has 1 aliphatic heterocycles. The van der Waals surface area contributed by atoms with E-state index in [1.54, 1.807) is 25.1 Å². The quantitative estimate of drug-likeness (QED) is 0.485. The highest BCUT2D eigenvalue weighted by Crippen LogP contribution is 2.32. The van der Waals surface area contributed by atoms with Crippen LogP contribution in [0.15, 0.2) is 48.8 Å². The van der Waals surface area contributed by atoms with E-state index in [0.29, 0.717) is 35.7 Å². The number of aromatic carboxylic acids is 1. The monoisotopic (exact) mass is 467 g/mol. The van der Waals surface area contributed by atoms with E-state index in [4.69, 9.17) is 0 Å².